The third-order valence-corrected chi connectivity index (χ3v) is 7.35. The van der Waals surface area contributed by atoms with Crippen molar-refractivity contribution in [3.63, 3.8) is 0 Å². The van der Waals surface area contributed by atoms with Gasteiger partial charge < -0.3 is 15.2 Å². The van der Waals surface area contributed by atoms with E-state index in [9.17, 15) is 14.7 Å². The molecule has 1 fully saturated rings. The maximum Gasteiger partial charge on any atom is 0.303 e. The molecule has 0 aromatic heterocycles. The Labute approximate surface area is 203 Å². The van der Waals surface area contributed by atoms with Crippen LogP contribution in [0.4, 0.5) is 0 Å². The predicted molar refractivity (Wildman–Crippen MR) is 131 cm³/mol. The number of nitrogens with zero attached hydrogens (tertiary/aromatic N) is 1. The number of amides is 1. The van der Waals surface area contributed by atoms with Gasteiger partial charge in [0, 0.05) is 11.1 Å². The average molecular weight is 515 g/mol. The van der Waals surface area contributed by atoms with Crippen molar-refractivity contribution in [3.05, 3.63) is 64.7 Å². The van der Waals surface area contributed by atoms with Crippen LogP contribution in [0.1, 0.15) is 72.5 Å². The van der Waals surface area contributed by atoms with Crippen LogP contribution in [0.25, 0.3) is 0 Å². The molecule has 1 saturated heterocycles. The van der Waals surface area contributed by atoms with Crippen LogP contribution in [-0.2, 0) is 16.8 Å². The number of carbonyl (C=O) groups is 2. The minimum absolute atomic E-state index is 0.0361. The first-order chi connectivity index (χ1) is 15.8. The summed E-state index contributed by atoms with van der Waals surface area (Å²) in [6, 6.07) is 13.5. The molecule has 1 spiro atoms. The normalized spacial score (nSPS) is 18.8. The fraction of sp³-hybridized carbons (Fsp3) is 0.462. The Morgan fingerprint density at radius 2 is 1.91 bits per heavy atom. The number of carboxylic acid groups (broad SMARTS) is 1. The number of halogens is 1. The summed E-state index contributed by atoms with van der Waals surface area (Å²) in [6.07, 6.45) is 2.74. The van der Waals surface area contributed by atoms with Crippen LogP contribution in [-0.4, -0.2) is 40.1 Å². The summed E-state index contributed by atoms with van der Waals surface area (Å²) in [5, 5.41) is 12.9. The predicted octanol–water partition coefficient (Wildman–Crippen LogP) is 5.01. The second kappa shape index (κ2) is 9.85. The van der Waals surface area contributed by atoms with E-state index in [-0.39, 0.29) is 29.8 Å². The van der Waals surface area contributed by atoms with Crippen LogP contribution >= 0.6 is 16.1 Å². The monoisotopic (exact) mass is 514 g/mol. The van der Waals surface area contributed by atoms with E-state index < -0.39 is 5.97 Å². The Bertz CT molecular complexity index is 1030. The van der Waals surface area contributed by atoms with Gasteiger partial charge in [0.05, 0.1) is 35.2 Å². The molecule has 1 amide bonds. The zero-order valence-electron chi connectivity index (χ0n) is 19.1. The SMILES string of the molecule is CC(C)Oc1ccccc1CN(Br)C(=O)c1cccc2c1C1(CCNCC1)CC2CC(=O)O. The van der Waals surface area contributed by atoms with Crippen LogP contribution in [0.3, 0.4) is 0 Å². The van der Waals surface area contributed by atoms with Crippen LogP contribution in [0, 0.1) is 0 Å². The molecule has 33 heavy (non-hydrogen) atoms. The second-order valence-corrected chi connectivity index (χ2v) is 10.3. The van der Waals surface area contributed by atoms with Crippen molar-refractivity contribution < 1.29 is 19.4 Å². The zero-order chi connectivity index (χ0) is 23.6. The minimum Gasteiger partial charge on any atom is -0.491 e. The third kappa shape index (κ3) is 4.94. The maximum atomic E-state index is 13.7. The summed E-state index contributed by atoms with van der Waals surface area (Å²) in [6.45, 7) is 6.07. The van der Waals surface area contributed by atoms with Crippen molar-refractivity contribution in [2.45, 2.75) is 63.5 Å². The number of carboxylic acids is 1. The van der Waals surface area contributed by atoms with Gasteiger partial charge in [0.2, 0.25) is 0 Å². The van der Waals surface area contributed by atoms with E-state index in [4.69, 9.17) is 4.74 Å². The van der Waals surface area contributed by atoms with Crippen molar-refractivity contribution >= 4 is 28.0 Å². The molecule has 4 rings (SSSR count). The van der Waals surface area contributed by atoms with Gasteiger partial charge in [-0.15, -0.1) is 0 Å². The Balaban J connectivity index is 1.67. The molecule has 2 N–H and O–H groups in total. The molecule has 1 heterocycles. The van der Waals surface area contributed by atoms with E-state index in [1.165, 1.54) is 0 Å². The van der Waals surface area contributed by atoms with E-state index in [1.54, 1.807) is 3.93 Å². The molecule has 0 saturated carbocycles. The second-order valence-electron chi connectivity index (χ2n) is 9.40. The summed E-state index contributed by atoms with van der Waals surface area (Å²) in [7, 11) is 0. The number of carbonyl (C=O) groups excluding carboxylic acids is 1. The maximum absolute atomic E-state index is 13.7. The minimum atomic E-state index is -0.794. The van der Waals surface area contributed by atoms with Gasteiger partial charge in [0.1, 0.15) is 5.75 Å². The molecule has 1 aliphatic carbocycles. The summed E-state index contributed by atoms with van der Waals surface area (Å²) in [4.78, 5) is 25.3. The molecule has 2 aliphatic rings. The molecule has 6 nitrogen and oxygen atoms in total. The Morgan fingerprint density at radius 3 is 2.61 bits per heavy atom. The standard InChI is InChI=1S/C26H31BrN2O4/c1-17(2)33-22-9-4-3-6-18(22)16-29(27)25(32)21-8-5-7-20-19(14-23(30)31)15-26(24(20)21)10-12-28-13-11-26/h3-9,17,19,28H,10-16H2,1-2H3,(H,30,31). The first-order valence-corrected chi connectivity index (χ1v) is 12.3. The van der Waals surface area contributed by atoms with Crippen LogP contribution in [0.5, 0.6) is 5.75 Å². The number of fused-ring (bicyclic) bond motifs is 2. The fourth-order valence-corrected chi connectivity index (χ4v) is 5.93. The highest BCUT2D eigenvalue weighted by molar-refractivity contribution is 9.07. The average Bonchev–Trinajstić information content (AvgIpc) is 3.07. The van der Waals surface area contributed by atoms with Crippen LogP contribution in [0.15, 0.2) is 42.5 Å². The molecule has 1 unspecified atom stereocenters. The van der Waals surface area contributed by atoms with Crippen molar-refractivity contribution in [3.8, 4) is 5.75 Å². The number of piperidine rings is 1. The number of ether oxygens (including phenoxy) is 1. The number of hydrogen-bond acceptors (Lipinski definition) is 4. The molecule has 2 aromatic carbocycles. The quantitative estimate of drug-likeness (QED) is 0.507. The number of hydrogen-bond donors (Lipinski definition) is 2. The van der Waals surface area contributed by atoms with E-state index in [0.717, 1.165) is 54.8 Å². The number of aliphatic carboxylic acids is 1. The van der Waals surface area contributed by atoms with Crippen molar-refractivity contribution in [1.29, 1.82) is 0 Å². The van der Waals surface area contributed by atoms with Gasteiger partial charge in [-0.05, 0) is 80.8 Å². The van der Waals surface area contributed by atoms with E-state index in [1.807, 2.05) is 56.3 Å². The third-order valence-electron chi connectivity index (χ3n) is 6.78. The summed E-state index contributed by atoms with van der Waals surface area (Å²) >= 11 is 3.52. The summed E-state index contributed by atoms with van der Waals surface area (Å²) in [5.74, 6) is -0.204. The summed E-state index contributed by atoms with van der Waals surface area (Å²) < 4.78 is 7.49. The van der Waals surface area contributed by atoms with Gasteiger partial charge in [0.15, 0.2) is 0 Å². The number of benzene rings is 2. The Hall–Kier alpha value is -2.38. The molecule has 1 aliphatic heterocycles. The molecule has 176 valence electrons. The highest BCUT2D eigenvalue weighted by atomic mass is 79.9. The molecule has 7 heteroatoms. The van der Waals surface area contributed by atoms with E-state index >= 15 is 0 Å². The molecular formula is C26H31BrN2O4. The van der Waals surface area contributed by atoms with Crippen molar-refractivity contribution in [1.82, 2.24) is 9.24 Å². The van der Waals surface area contributed by atoms with Gasteiger partial charge in [-0.1, -0.05) is 30.3 Å². The first kappa shape index (κ1) is 23.8. The number of para-hydroxylation sites is 1. The molecule has 0 radical (unpaired) electrons. The van der Waals surface area contributed by atoms with Crippen LogP contribution in [0.2, 0.25) is 0 Å². The highest BCUT2D eigenvalue weighted by Crippen LogP contribution is 2.53. The number of rotatable bonds is 7. The summed E-state index contributed by atoms with van der Waals surface area (Å²) in [5.41, 5.74) is 3.51. The van der Waals surface area contributed by atoms with Crippen LogP contribution < -0.4 is 10.1 Å². The smallest absolute Gasteiger partial charge is 0.303 e. The van der Waals surface area contributed by atoms with Crippen molar-refractivity contribution in [2.75, 3.05) is 13.1 Å². The Kier molecular flexibility index (Phi) is 7.10. The van der Waals surface area contributed by atoms with Crippen molar-refractivity contribution in [2.24, 2.45) is 0 Å². The largest absolute Gasteiger partial charge is 0.491 e. The lowest BCUT2D eigenvalue weighted by Crippen LogP contribution is -2.39. The number of nitrogens with one attached hydrogen (secondary N) is 1. The molecule has 1 atom stereocenters. The highest BCUT2D eigenvalue weighted by Gasteiger charge is 2.47. The topological polar surface area (TPSA) is 78.9 Å². The van der Waals surface area contributed by atoms with E-state index in [2.05, 4.69) is 21.5 Å². The first-order valence-electron chi connectivity index (χ1n) is 11.6. The molecule has 0 bridgehead atoms. The fourth-order valence-electron chi connectivity index (χ4n) is 5.47. The van der Waals surface area contributed by atoms with Gasteiger partial charge in [-0.3, -0.25) is 13.5 Å². The lowest BCUT2D eigenvalue weighted by atomic mass is 9.72. The Morgan fingerprint density at radius 1 is 1.18 bits per heavy atom. The lowest BCUT2D eigenvalue weighted by molar-refractivity contribution is -0.137. The molecular weight excluding hydrogens is 484 g/mol. The van der Waals surface area contributed by atoms with Gasteiger partial charge in [-0.25, -0.2) is 0 Å². The zero-order valence-corrected chi connectivity index (χ0v) is 20.7. The van der Waals surface area contributed by atoms with E-state index in [0.29, 0.717) is 12.1 Å². The van der Waals surface area contributed by atoms with Gasteiger partial charge >= 0.3 is 5.97 Å². The lowest BCUT2D eigenvalue weighted by Gasteiger charge is -2.36. The van der Waals surface area contributed by atoms with Gasteiger partial charge in [-0.2, -0.15) is 0 Å². The van der Waals surface area contributed by atoms with Gasteiger partial charge in [0.25, 0.3) is 5.91 Å². The molecule has 2 aromatic rings.